The molecule has 2 heterocycles. The van der Waals surface area contributed by atoms with Gasteiger partial charge >= 0.3 is 12.0 Å². The highest BCUT2D eigenvalue weighted by molar-refractivity contribution is 5.91. The van der Waals surface area contributed by atoms with Gasteiger partial charge in [-0.05, 0) is 50.3 Å². The van der Waals surface area contributed by atoms with Gasteiger partial charge in [0, 0.05) is 19.7 Å². The summed E-state index contributed by atoms with van der Waals surface area (Å²) in [4.78, 5) is 25.3. The van der Waals surface area contributed by atoms with E-state index in [0.29, 0.717) is 37.4 Å². The molecule has 2 saturated heterocycles. The van der Waals surface area contributed by atoms with Crippen LogP contribution in [-0.2, 0) is 9.53 Å². The van der Waals surface area contributed by atoms with Crippen LogP contribution in [0.4, 0.5) is 10.5 Å². The van der Waals surface area contributed by atoms with Crippen molar-refractivity contribution in [2.24, 2.45) is 5.92 Å². The fourth-order valence-electron chi connectivity index (χ4n) is 3.37. The van der Waals surface area contributed by atoms with Crippen LogP contribution < -0.4 is 10.1 Å². The first-order valence-electron chi connectivity index (χ1n) is 9.16. The van der Waals surface area contributed by atoms with E-state index in [4.69, 9.17) is 9.47 Å². The van der Waals surface area contributed by atoms with Crippen LogP contribution >= 0.6 is 0 Å². The average molecular weight is 362 g/mol. The predicted molar refractivity (Wildman–Crippen MR) is 96.6 cm³/mol. The molecule has 2 aliphatic heterocycles. The van der Waals surface area contributed by atoms with E-state index in [1.807, 2.05) is 25.1 Å². The summed E-state index contributed by atoms with van der Waals surface area (Å²) >= 11 is 0. The number of carbonyl (C=O) groups is 2. The van der Waals surface area contributed by atoms with Crippen LogP contribution in [0.15, 0.2) is 18.2 Å². The zero-order valence-corrected chi connectivity index (χ0v) is 15.1. The first kappa shape index (κ1) is 18.5. The Morgan fingerprint density at radius 2 is 2.19 bits per heavy atom. The Balaban J connectivity index is 1.64. The van der Waals surface area contributed by atoms with Crippen molar-refractivity contribution < 1.29 is 24.2 Å². The quantitative estimate of drug-likeness (QED) is 0.841. The van der Waals surface area contributed by atoms with Crippen molar-refractivity contribution in [2.75, 3.05) is 31.6 Å². The Kier molecular flexibility index (Phi) is 5.98. The molecule has 7 heteroatoms. The second-order valence-corrected chi connectivity index (χ2v) is 7.00. The van der Waals surface area contributed by atoms with Gasteiger partial charge < -0.3 is 24.8 Å². The number of amides is 2. The van der Waals surface area contributed by atoms with Gasteiger partial charge in [0.05, 0.1) is 17.7 Å². The van der Waals surface area contributed by atoms with Crippen molar-refractivity contribution >= 4 is 17.7 Å². The molecule has 2 unspecified atom stereocenters. The molecule has 1 aromatic rings. The SMILES string of the molecule is Cc1ccc(NC(=O)N2CCCC(C(=O)O)C2)c(OCC2CCCO2)c1. The van der Waals surface area contributed by atoms with Gasteiger partial charge in [-0.2, -0.15) is 0 Å². The van der Waals surface area contributed by atoms with Crippen molar-refractivity contribution in [3.05, 3.63) is 23.8 Å². The fourth-order valence-corrected chi connectivity index (χ4v) is 3.37. The number of hydrogen-bond acceptors (Lipinski definition) is 4. The number of urea groups is 1. The van der Waals surface area contributed by atoms with E-state index in [1.165, 1.54) is 0 Å². The summed E-state index contributed by atoms with van der Waals surface area (Å²) in [7, 11) is 0. The molecule has 2 atom stereocenters. The topological polar surface area (TPSA) is 88.1 Å². The van der Waals surface area contributed by atoms with Gasteiger partial charge in [-0.3, -0.25) is 4.79 Å². The lowest BCUT2D eigenvalue weighted by atomic mass is 9.99. The number of carbonyl (C=O) groups excluding carboxylic acids is 1. The van der Waals surface area contributed by atoms with Gasteiger partial charge in [0.1, 0.15) is 12.4 Å². The van der Waals surface area contributed by atoms with E-state index in [1.54, 1.807) is 4.90 Å². The minimum Gasteiger partial charge on any atom is -0.489 e. The number of hydrogen-bond donors (Lipinski definition) is 2. The van der Waals surface area contributed by atoms with Gasteiger partial charge in [-0.15, -0.1) is 0 Å². The van der Waals surface area contributed by atoms with Crippen LogP contribution in [0.25, 0.3) is 0 Å². The number of likely N-dealkylation sites (tertiary alicyclic amines) is 1. The molecule has 1 aromatic carbocycles. The number of ether oxygens (including phenoxy) is 2. The Morgan fingerprint density at radius 1 is 1.35 bits per heavy atom. The highest BCUT2D eigenvalue weighted by Gasteiger charge is 2.28. The molecule has 0 bridgehead atoms. The van der Waals surface area contributed by atoms with E-state index < -0.39 is 11.9 Å². The molecule has 0 saturated carbocycles. The number of nitrogens with zero attached hydrogens (tertiary/aromatic N) is 1. The number of carboxylic acids is 1. The zero-order valence-electron chi connectivity index (χ0n) is 15.1. The van der Waals surface area contributed by atoms with Gasteiger partial charge in [-0.25, -0.2) is 4.79 Å². The summed E-state index contributed by atoms with van der Waals surface area (Å²) in [6, 6.07) is 5.32. The fraction of sp³-hybridized carbons (Fsp3) is 0.579. The van der Waals surface area contributed by atoms with Gasteiger partial charge in [0.15, 0.2) is 0 Å². The Hall–Kier alpha value is -2.28. The molecular formula is C19H26N2O5. The van der Waals surface area contributed by atoms with Crippen LogP contribution in [0, 0.1) is 12.8 Å². The largest absolute Gasteiger partial charge is 0.489 e. The third-order valence-electron chi connectivity index (χ3n) is 4.89. The monoisotopic (exact) mass is 362 g/mol. The van der Waals surface area contributed by atoms with E-state index in [0.717, 1.165) is 25.0 Å². The maximum atomic E-state index is 12.6. The van der Waals surface area contributed by atoms with Crippen LogP contribution in [0.2, 0.25) is 0 Å². The highest BCUT2D eigenvalue weighted by atomic mass is 16.5. The normalized spacial score (nSPS) is 22.9. The standard InChI is InChI=1S/C19H26N2O5/c1-13-6-7-16(17(10-13)26-12-15-5-3-9-25-15)20-19(24)21-8-2-4-14(11-21)18(22)23/h6-7,10,14-15H,2-5,8-9,11-12H2,1H3,(H,20,24)(H,22,23). The van der Waals surface area contributed by atoms with E-state index in [9.17, 15) is 14.7 Å². The number of carboxylic acid groups (broad SMARTS) is 1. The van der Waals surface area contributed by atoms with E-state index in [2.05, 4.69) is 5.32 Å². The number of piperidine rings is 1. The zero-order chi connectivity index (χ0) is 18.5. The lowest BCUT2D eigenvalue weighted by Crippen LogP contribution is -2.44. The van der Waals surface area contributed by atoms with E-state index in [-0.39, 0.29) is 18.7 Å². The molecule has 3 rings (SSSR count). The van der Waals surface area contributed by atoms with Gasteiger partial charge in [0.25, 0.3) is 0 Å². The molecule has 0 radical (unpaired) electrons. The summed E-state index contributed by atoms with van der Waals surface area (Å²) < 4.78 is 11.5. The summed E-state index contributed by atoms with van der Waals surface area (Å²) in [6.45, 7) is 3.99. The lowest BCUT2D eigenvalue weighted by molar-refractivity contribution is -0.143. The maximum absolute atomic E-state index is 12.6. The van der Waals surface area contributed by atoms with E-state index >= 15 is 0 Å². The number of aryl methyl sites for hydroxylation is 1. The van der Waals surface area contributed by atoms with Gasteiger partial charge in [0.2, 0.25) is 0 Å². The molecule has 2 fully saturated rings. The minimum absolute atomic E-state index is 0.0949. The van der Waals surface area contributed by atoms with Crippen LogP contribution in [0.5, 0.6) is 5.75 Å². The highest BCUT2D eigenvalue weighted by Crippen LogP contribution is 2.28. The molecule has 26 heavy (non-hydrogen) atoms. The molecule has 2 amide bonds. The molecule has 7 nitrogen and oxygen atoms in total. The molecule has 0 spiro atoms. The summed E-state index contributed by atoms with van der Waals surface area (Å²) in [5.41, 5.74) is 1.63. The Bertz CT molecular complexity index is 657. The van der Waals surface area contributed by atoms with Crippen LogP contribution in [-0.4, -0.2) is 54.4 Å². The predicted octanol–water partition coefficient (Wildman–Crippen LogP) is 2.88. The Labute approximate surface area is 153 Å². The smallest absolute Gasteiger partial charge is 0.321 e. The number of anilines is 1. The number of aliphatic carboxylic acids is 1. The number of nitrogens with one attached hydrogen (secondary N) is 1. The minimum atomic E-state index is -0.849. The molecule has 2 aliphatic rings. The molecular weight excluding hydrogens is 336 g/mol. The average Bonchev–Trinajstić information content (AvgIpc) is 3.15. The summed E-state index contributed by atoms with van der Waals surface area (Å²) in [6.07, 6.45) is 3.43. The maximum Gasteiger partial charge on any atom is 0.321 e. The van der Waals surface area contributed by atoms with Crippen LogP contribution in [0.3, 0.4) is 0 Å². The summed E-state index contributed by atoms with van der Waals surface area (Å²) in [5, 5.41) is 12.1. The van der Waals surface area contributed by atoms with Gasteiger partial charge in [-0.1, -0.05) is 6.07 Å². The Morgan fingerprint density at radius 3 is 2.92 bits per heavy atom. The van der Waals surface area contributed by atoms with Crippen molar-refractivity contribution in [1.82, 2.24) is 4.90 Å². The number of benzene rings is 1. The first-order chi connectivity index (χ1) is 12.5. The third kappa shape index (κ3) is 4.66. The second-order valence-electron chi connectivity index (χ2n) is 7.00. The van der Waals surface area contributed by atoms with Crippen molar-refractivity contribution in [3.8, 4) is 5.75 Å². The second kappa shape index (κ2) is 8.40. The van der Waals surface area contributed by atoms with Crippen LogP contribution in [0.1, 0.15) is 31.2 Å². The van der Waals surface area contributed by atoms with Crippen molar-refractivity contribution in [2.45, 2.75) is 38.7 Å². The molecule has 142 valence electrons. The first-order valence-corrected chi connectivity index (χ1v) is 9.16. The van der Waals surface area contributed by atoms with Crippen molar-refractivity contribution in [1.29, 1.82) is 0 Å². The van der Waals surface area contributed by atoms with Crippen molar-refractivity contribution in [3.63, 3.8) is 0 Å². The lowest BCUT2D eigenvalue weighted by Gasteiger charge is -2.31. The molecule has 2 N–H and O–H groups in total. The molecule has 0 aliphatic carbocycles. The molecule has 0 aromatic heterocycles. The number of rotatable bonds is 5. The summed E-state index contributed by atoms with van der Waals surface area (Å²) in [5.74, 6) is -0.734. The third-order valence-corrected chi connectivity index (χ3v) is 4.89.